The molecule has 2 aromatic carbocycles. The maximum atomic E-state index is 12.4. The van der Waals surface area contributed by atoms with Gasteiger partial charge < -0.3 is 24.1 Å². The highest BCUT2D eigenvalue weighted by atomic mass is 16.5. The molecule has 0 aliphatic heterocycles. The van der Waals surface area contributed by atoms with Crippen molar-refractivity contribution in [1.29, 1.82) is 0 Å². The second-order valence-electron chi connectivity index (χ2n) is 5.46. The Morgan fingerprint density at radius 2 is 1.68 bits per heavy atom. The highest BCUT2D eigenvalue weighted by Crippen LogP contribution is 2.39. The van der Waals surface area contributed by atoms with E-state index in [1.807, 2.05) is 41.1 Å². The molecule has 3 rings (SSSR count). The number of nitrogens with zero attached hydrogens (tertiary/aromatic N) is 1. The molecule has 25 heavy (non-hydrogen) atoms. The first-order valence-electron chi connectivity index (χ1n) is 7.80. The first-order chi connectivity index (χ1) is 12.2. The quantitative estimate of drug-likeness (QED) is 0.748. The predicted molar refractivity (Wildman–Crippen MR) is 96.7 cm³/mol. The molecule has 6 heteroatoms. The van der Waals surface area contributed by atoms with Gasteiger partial charge in [0.15, 0.2) is 11.5 Å². The number of anilines is 1. The highest BCUT2D eigenvalue weighted by molar-refractivity contribution is 5.92. The van der Waals surface area contributed by atoms with Gasteiger partial charge in [0.1, 0.15) is 6.54 Å². The lowest BCUT2D eigenvalue weighted by molar-refractivity contribution is -0.116. The van der Waals surface area contributed by atoms with Gasteiger partial charge >= 0.3 is 0 Å². The number of fused-ring (bicyclic) bond motifs is 1. The summed E-state index contributed by atoms with van der Waals surface area (Å²) in [5, 5.41) is 3.97. The summed E-state index contributed by atoms with van der Waals surface area (Å²) >= 11 is 0. The minimum atomic E-state index is -0.143. The van der Waals surface area contributed by atoms with Crippen molar-refractivity contribution in [1.82, 2.24) is 4.57 Å². The van der Waals surface area contributed by atoms with Gasteiger partial charge in [0, 0.05) is 29.5 Å². The van der Waals surface area contributed by atoms with Crippen molar-refractivity contribution < 1.29 is 19.0 Å². The average Bonchev–Trinajstić information content (AvgIpc) is 3.03. The lowest BCUT2D eigenvalue weighted by Crippen LogP contribution is -2.18. The molecule has 0 saturated carbocycles. The largest absolute Gasteiger partial charge is 0.493 e. The van der Waals surface area contributed by atoms with Gasteiger partial charge in [-0.15, -0.1) is 0 Å². The molecule has 0 saturated heterocycles. The molecule has 130 valence electrons. The predicted octanol–water partition coefficient (Wildman–Crippen LogP) is 3.31. The first kappa shape index (κ1) is 16.7. The molecule has 1 amide bonds. The molecule has 0 fully saturated rings. The highest BCUT2D eigenvalue weighted by Gasteiger charge is 2.15. The lowest BCUT2D eigenvalue weighted by atomic mass is 10.2. The Bertz CT molecular complexity index is 876. The molecule has 6 nitrogen and oxygen atoms in total. The maximum Gasteiger partial charge on any atom is 0.244 e. The van der Waals surface area contributed by atoms with Gasteiger partial charge in [-0.25, -0.2) is 0 Å². The van der Waals surface area contributed by atoms with Crippen molar-refractivity contribution in [2.75, 3.05) is 26.6 Å². The number of hydrogen-bond donors (Lipinski definition) is 1. The van der Waals surface area contributed by atoms with E-state index < -0.39 is 0 Å². The molecule has 1 heterocycles. The zero-order valence-corrected chi connectivity index (χ0v) is 14.4. The van der Waals surface area contributed by atoms with Crippen LogP contribution in [0.3, 0.4) is 0 Å². The minimum absolute atomic E-state index is 0.143. The Balaban J connectivity index is 1.81. The maximum absolute atomic E-state index is 12.4. The summed E-state index contributed by atoms with van der Waals surface area (Å²) in [6, 6.07) is 13.3. The summed E-state index contributed by atoms with van der Waals surface area (Å²) in [6.45, 7) is 0.212. The van der Waals surface area contributed by atoms with Crippen LogP contribution in [0.4, 0.5) is 5.69 Å². The number of methoxy groups -OCH3 is 3. The van der Waals surface area contributed by atoms with Crippen LogP contribution in [0.5, 0.6) is 17.2 Å². The zero-order chi connectivity index (χ0) is 17.8. The molecular weight excluding hydrogens is 320 g/mol. The van der Waals surface area contributed by atoms with E-state index >= 15 is 0 Å². The molecule has 1 N–H and O–H groups in total. The molecule has 3 aromatic rings. The second-order valence-corrected chi connectivity index (χ2v) is 5.46. The van der Waals surface area contributed by atoms with Gasteiger partial charge in [0.2, 0.25) is 11.7 Å². The Morgan fingerprint density at radius 1 is 1.00 bits per heavy atom. The third-order valence-corrected chi connectivity index (χ3v) is 3.94. The normalized spacial score (nSPS) is 10.5. The van der Waals surface area contributed by atoms with Gasteiger partial charge in [-0.1, -0.05) is 18.2 Å². The third-order valence-electron chi connectivity index (χ3n) is 3.94. The fourth-order valence-electron chi connectivity index (χ4n) is 2.79. The number of carbonyl (C=O) groups excluding carboxylic acids is 1. The standard InChI is InChI=1S/C19H20N2O4/c1-23-16-10-14(11-17(24-2)19(16)25-3)20-18(22)12-21-9-8-13-6-4-5-7-15(13)21/h4-11H,12H2,1-3H3,(H,20,22). The molecule has 0 aliphatic rings. The van der Waals surface area contributed by atoms with Crippen molar-refractivity contribution >= 4 is 22.5 Å². The van der Waals surface area contributed by atoms with Crippen LogP contribution in [0.1, 0.15) is 0 Å². The van der Waals surface area contributed by atoms with Gasteiger partial charge in [-0.3, -0.25) is 4.79 Å². The van der Waals surface area contributed by atoms with Crippen LogP contribution in [0.2, 0.25) is 0 Å². The van der Waals surface area contributed by atoms with E-state index in [9.17, 15) is 4.79 Å². The molecule has 0 atom stereocenters. The average molecular weight is 340 g/mol. The Labute approximate surface area is 145 Å². The molecule has 0 spiro atoms. The van der Waals surface area contributed by atoms with E-state index in [4.69, 9.17) is 14.2 Å². The first-order valence-corrected chi connectivity index (χ1v) is 7.80. The van der Waals surface area contributed by atoms with Crippen LogP contribution in [0.15, 0.2) is 48.7 Å². The summed E-state index contributed by atoms with van der Waals surface area (Å²) in [6.07, 6.45) is 1.90. The molecular formula is C19H20N2O4. The van der Waals surface area contributed by atoms with Gasteiger partial charge in [0.25, 0.3) is 0 Å². The number of para-hydroxylation sites is 1. The third kappa shape index (κ3) is 3.38. The summed E-state index contributed by atoms with van der Waals surface area (Å²) in [5.41, 5.74) is 1.60. The van der Waals surface area contributed by atoms with Gasteiger partial charge in [-0.05, 0) is 17.5 Å². The number of nitrogens with one attached hydrogen (secondary N) is 1. The van der Waals surface area contributed by atoms with Crippen molar-refractivity contribution in [3.8, 4) is 17.2 Å². The Hall–Kier alpha value is -3.15. The van der Waals surface area contributed by atoms with E-state index in [0.717, 1.165) is 10.9 Å². The van der Waals surface area contributed by atoms with Crippen molar-refractivity contribution in [2.45, 2.75) is 6.54 Å². The van der Waals surface area contributed by atoms with Crippen LogP contribution in [0, 0.1) is 0 Å². The fraction of sp³-hybridized carbons (Fsp3) is 0.211. The summed E-state index contributed by atoms with van der Waals surface area (Å²) < 4.78 is 17.8. The molecule has 0 bridgehead atoms. The second kappa shape index (κ2) is 7.17. The topological polar surface area (TPSA) is 61.7 Å². The van der Waals surface area contributed by atoms with Gasteiger partial charge in [-0.2, -0.15) is 0 Å². The van der Waals surface area contributed by atoms with E-state index in [1.165, 1.54) is 21.3 Å². The van der Waals surface area contributed by atoms with E-state index in [1.54, 1.807) is 12.1 Å². The molecule has 1 aromatic heterocycles. The zero-order valence-electron chi connectivity index (χ0n) is 14.4. The number of carbonyl (C=O) groups is 1. The summed E-state index contributed by atoms with van der Waals surface area (Å²) in [5.74, 6) is 1.32. The fourth-order valence-corrected chi connectivity index (χ4v) is 2.79. The SMILES string of the molecule is COc1cc(NC(=O)Cn2ccc3ccccc32)cc(OC)c1OC. The molecule has 0 radical (unpaired) electrons. The smallest absolute Gasteiger partial charge is 0.244 e. The number of rotatable bonds is 6. The van der Waals surface area contributed by atoms with Crippen molar-refractivity contribution in [3.05, 3.63) is 48.7 Å². The van der Waals surface area contributed by atoms with E-state index in [-0.39, 0.29) is 12.5 Å². The van der Waals surface area contributed by atoms with Crippen LogP contribution in [0.25, 0.3) is 10.9 Å². The Kier molecular flexibility index (Phi) is 4.79. The van der Waals surface area contributed by atoms with Crippen LogP contribution >= 0.6 is 0 Å². The van der Waals surface area contributed by atoms with E-state index in [0.29, 0.717) is 22.9 Å². The number of aromatic nitrogens is 1. The minimum Gasteiger partial charge on any atom is -0.493 e. The monoisotopic (exact) mass is 340 g/mol. The Morgan fingerprint density at radius 3 is 2.32 bits per heavy atom. The van der Waals surface area contributed by atoms with Crippen LogP contribution in [-0.4, -0.2) is 31.8 Å². The van der Waals surface area contributed by atoms with Gasteiger partial charge in [0.05, 0.1) is 21.3 Å². The van der Waals surface area contributed by atoms with Crippen molar-refractivity contribution in [3.63, 3.8) is 0 Å². The summed E-state index contributed by atoms with van der Waals surface area (Å²) in [7, 11) is 4.61. The molecule has 0 unspecified atom stereocenters. The number of hydrogen-bond acceptors (Lipinski definition) is 4. The lowest BCUT2D eigenvalue weighted by Gasteiger charge is -2.15. The van der Waals surface area contributed by atoms with Crippen LogP contribution < -0.4 is 19.5 Å². The van der Waals surface area contributed by atoms with Crippen LogP contribution in [-0.2, 0) is 11.3 Å². The molecule has 0 aliphatic carbocycles. The number of benzene rings is 2. The summed E-state index contributed by atoms with van der Waals surface area (Å²) in [4.78, 5) is 12.4. The van der Waals surface area contributed by atoms with Crippen molar-refractivity contribution in [2.24, 2.45) is 0 Å². The number of amides is 1. The van der Waals surface area contributed by atoms with E-state index in [2.05, 4.69) is 5.32 Å². The number of ether oxygens (including phenoxy) is 3.